The van der Waals surface area contributed by atoms with Gasteiger partial charge < -0.3 is 14.8 Å². The van der Waals surface area contributed by atoms with E-state index in [2.05, 4.69) is 15.3 Å². The van der Waals surface area contributed by atoms with Gasteiger partial charge in [-0.1, -0.05) is 23.9 Å². The molecule has 0 aliphatic rings. The topological polar surface area (TPSA) is 90.4 Å². The van der Waals surface area contributed by atoms with Crippen LogP contribution in [-0.4, -0.2) is 47.4 Å². The number of hydrogen-bond acceptors (Lipinski definition) is 8. The van der Waals surface area contributed by atoms with Gasteiger partial charge in [0.15, 0.2) is 6.61 Å². The number of esters is 1. The van der Waals surface area contributed by atoms with Gasteiger partial charge in [-0.3, -0.25) is 9.59 Å². The summed E-state index contributed by atoms with van der Waals surface area (Å²) in [5.41, 5.74) is 1.10. The maximum absolute atomic E-state index is 11.9. The number of fused-ring (bicyclic) bond motifs is 1. The lowest BCUT2D eigenvalue weighted by Gasteiger charge is -2.09. The lowest BCUT2D eigenvalue weighted by molar-refractivity contribution is -0.145. The third-order valence-corrected chi connectivity index (χ3v) is 5.40. The van der Waals surface area contributed by atoms with Crippen molar-refractivity contribution in [2.75, 3.05) is 25.5 Å². The SMILES string of the molecule is Cc1cccc(OCCNC(=O)COC(=O)CSc2ncnc3sccc23)c1. The van der Waals surface area contributed by atoms with Crippen molar-refractivity contribution in [3.05, 3.63) is 47.6 Å². The number of carbonyl (C=O) groups is 2. The number of nitrogens with one attached hydrogen (secondary N) is 1. The van der Waals surface area contributed by atoms with E-state index in [-0.39, 0.29) is 18.3 Å². The first-order valence-electron chi connectivity index (χ1n) is 8.54. The third-order valence-electron chi connectivity index (χ3n) is 3.60. The van der Waals surface area contributed by atoms with Crippen molar-refractivity contribution >= 4 is 45.2 Å². The average molecular weight is 418 g/mol. The molecule has 28 heavy (non-hydrogen) atoms. The Kier molecular flexibility index (Phi) is 7.21. The van der Waals surface area contributed by atoms with E-state index in [9.17, 15) is 9.59 Å². The molecule has 2 heterocycles. The molecule has 1 N–H and O–H groups in total. The van der Waals surface area contributed by atoms with Gasteiger partial charge in [-0.2, -0.15) is 0 Å². The second-order valence-corrected chi connectivity index (χ2v) is 7.64. The average Bonchev–Trinajstić information content (AvgIpc) is 3.17. The number of rotatable bonds is 9. The monoisotopic (exact) mass is 417 g/mol. The second kappa shape index (κ2) is 10.0. The molecule has 1 aromatic carbocycles. The standard InChI is InChI=1S/C19H19N3O4S2/c1-13-3-2-4-14(9-13)25-7-6-20-16(23)10-26-17(24)11-28-19-15-5-8-27-18(15)21-12-22-19/h2-5,8-9,12H,6-7,10-11H2,1H3,(H,20,23). The molecule has 3 aromatic rings. The molecule has 3 rings (SSSR count). The summed E-state index contributed by atoms with van der Waals surface area (Å²) in [6.07, 6.45) is 1.47. The summed E-state index contributed by atoms with van der Waals surface area (Å²) in [7, 11) is 0. The van der Waals surface area contributed by atoms with Crippen molar-refractivity contribution in [3.63, 3.8) is 0 Å². The third kappa shape index (κ3) is 5.93. The number of aromatic nitrogens is 2. The number of amides is 1. The number of benzene rings is 1. The Morgan fingerprint density at radius 1 is 1.25 bits per heavy atom. The number of thiophene rings is 1. The van der Waals surface area contributed by atoms with Crippen LogP contribution in [-0.2, 0) is 14.3 Å². The summed E-state index contributed by atoms with van der Waals surface area (Å²) < 4.78 is 10.5. The number of ether oxygens (including phenoxy) is 2. The molecule has 2 aromatic heterocycles. The van der Waals surface area contributed by atoms with Crippen molar-refractivity contribution in [3.8, 4) is 5.75 Å². The van der Waals surface area contributed by atoms with Crippen LogP contribution in [0.3, 0.4) is 0 Å². The molecule has 0 bridgehead atoms. The molecule has 0 fully saturated rings. The first kappa shape index (κ1) is 20.1. The van der Waals surface area contributed by atoms with E-state index in [0.717, 1.165) is 26.6 Å². The Labute approximate surface area is 170 Å². The molecule has 0 aliphatic carbocycles. The fraction of sp³-hybridized carbons (Fsp3) is 0.263. The van der Waals surface area contributed by atoms with Gasteiger partial charge in [0.25, 0.3) is 5.91 Å². The van der Waals surface area contributed by atoms with Gasteiger partial charge in [0.1, 0.15) is 28.5 Å². The number of nitrogens with zero attached hydrogens (tertiary/aromatic N) is 2. The Morgan fingerprint density at radius 3 is 3.00 bits per heavy atom. The maximum Gasteiger partial charge on any atom is 0.316 e. The van der Waals surface area contributed by atoms with Gasteiger partial charge in [0.2, 0.25) is 0 Å². The van der Waals surface area contributed by atoms with Gasteiger partial charge >= 0.3 is 5.97 Å². The van der Waals surface area contributed by atoms with E-state index in [1.165, 1.54) is 29.4 Å². The largest absolute Gasteiger partial charge is 0.492 e. The first-order chi connectivity index (χ1) is 13.6. The molecule has 7 nitrogen and oxygen atoms in total. The van der Waals surface area contributed by atoms with Crippen molar-refractivity contribution in [1.82, 2.24) is 15.3 Å². The summed E-state index contributed by atoms with van der Waals surface area (Å²) in [5.74, 6) is -0.0140. The zero-order chi connectivity index (χ0) is 19.8. The van der Waals surface area contributed by atoms with E-state index < -0.39 is 5.97 Å². The molecule has 0 saturated heterocycles. The normalized spacial score (nSPS) is 10.6. The number of hydrogen-bond donors (Lipinski definition) is 1. The number of aryl methyl sites for hydroxylation is 1. The maximum atomic E-state index is 11.9. The lowest BCUT2D eigenvalue weighted by Crippen LogP contribution is -2.32. The van der Waals surface area contributed by atoms with E-state index in [1.807, 2.05) is 42.6 Å². The Balaban J connectivity index is 1.32. The molecule has 0 spiro atoms. The van der Waals surface area contributed by atoms with Crippen molar-refractivity contribution in [2.24, 2.45) is 0 Å². The lowest BCUT2D eigenvalue weighted by atomic mass is 10.2. The fourth-order valence-corrected chi connectivity index (χ4v) is 3.89. The van der Waals surface area contributed by atoms with Crippen LogP contribution in [0, 0.1) is 6.92 Å². The van der Waals surface area contributed by atoms with Gasteiger partial charge in [-0.05, 0) is 36.1 Å². The zero-order valence-corrected chi connectivity index (χ0v) is 16.8. The zero-order valence-electron chi connectivity index (χ0n) is 15.2. The predicted octanol–water partition coefficient (Wildman–Crippen LogP) is 2.83. The molecule has 0 atom stereocenters. The minimum atomic E-state index is -0.474. The van der Waals surface area contributed by atoms with E-state index in [0.29, 0.717) is 13.2 Å². The highest BCUT2D eigenvalue weighted by molar-refractivity contribution is 8.00. The van der Waals surface area contributed by atoms with Crippen LogP contribution < -0.4 is 10.1 Å². The quantitative estimate of drug-likeness (QED) is 0.248. The molecular formula is C19H19N3O4S2. The molecule has 0 aliphatic heterocycles. The molecule has 0 saturated carbocycles. The molecule has 1 amide bonds. The molecule has 0 radical (unpaired) electrons. The molecular weight excluding hydrogens is 398 g/mol. The van der Waals surface area contributed by atoms with Crippen LogP contribution in [0.5, 0.6) is 5.75 Å². The summed E-state index contributed by atoms with van der Waals surface area (Å²) >= 11 is 2.78. The summed E-state index contributed by atoms with van der Waals surface area (Å²) in [6, 6.07) is 9.58. The Hall–Kier alpha value is -2.65. The predicted molar refractivity (Wildman–Crippen MR) is 109 cm³/mol. The van der Waals surface area contributed by atoms with E-state index in [4.69, 9.17) is 9.47 Å². The highest BCUT2D eigenvalue weighted by Gasteiger charge is 2.11. The van der Waals surface area contributed by atoms with E-state index in [1.54, 1.807) is 0 Å². The smallest absolute Gasteiger partial charge is 0.316 e. The first-order valence-corrected chi connectivity index (χ1v) is 10.4. The summed E-state index contributed by atoms with van der Waals surface area (Å²) in [4.78, 5) is 32.8. The van der Waals surface area contributed by atoms with Crippen molar-refractivity contribution in [1.29, 1.82) is 0 Å². The highest BCUT2D eigenvalue weighted by Crippen LogP contribution is 2.27. The number of thioether (sulfide) groups is 1. The van der Waals surface area contributed by atoms with Gasteiger partial charge in [0, 0.05) is 5.39 Å². The summed E-state index contributed by atoms with van der Waals surface area (Å²) in [6.45, 7) is 2.33. The van der Waals surface area contributed by atoms with Crippen LogP contribution in [0.25, 0.3) is 10.2 Å². The van der Waals surface area contributed by atoms with Crippen molar-refractivity contribution in [2.45, 2.75) is 11.9 Å². The Bertz CT molecular complexity index is 961. The fourth-order valence-electron chi connectivity index (χ4n) is 2.31. The van der Waals surface area contributed by atoms with Crippen LogP contribution in [0.1, 0.15) is 5.56 Å². The minimum Gasteiger partial charge on any atom is -0.492 e. The highest BCUT2D eigenvalue weighted by atomic mass is 32.2. The van der Waals surface area contributed by atoms with Gasteiger partial charge in [-0.25, -0.2) is 9.97 Å². The van der Waals surface area contributed by atoms with Crippen LogP contribution in [0.2, 0.25) is 0 Å². The Morgan fingerprint density at radius 2 is 2.14 bits per heavy atom. The van der Waals surface area contributed by atoms with Gasteiger partial charge in [0.05, 0.1) is 12.3 Å². The second-order valence-electron chi connectivity index (χ2n) is 5.78. The molecule has 146 valence electrons. The van der Waals surface area contributed by atoms with Crippen LogP contribution >= 0.6 is 23.1 Å². The van der Waals surface area contributed by atoms with Gasteiger partial charge in [-0.15, -0.1) is 11.3 Å². The van der Waals surface area contributed by atoms with Crippen LogP contribution in [0.4, 0.5) is 0 Å². The van der Waals surface area contributed by atoms with E-state index >= 15 is 0 Å². The minimum absolute atomic E-state index is 0.0751. The number of carbonyl (C=O) groups excluding carboxylic acids is 2. The molecule has 9 heteroatoms. The van der Waals surface area contributed by atoms with Crippen molar-refractivity contribution < 1.29 is 19.1 Å². The molecule has 0 unspecified atom stereocenters. The summed E-state index contributed by atoms with van der Waals surface area (Å²) in [5, 5.41) is 6.21. The van der Waals surface area contributed by atoms with Crippen LogP contribution in [0.15, 0.2) is 47.1 Å².